The van der Waals surface area contributed by atoms with Gasteiger partial charge in [0.05, 0.1) is 44.1 Å². The molecule has 24 rings (SSSR count). The molecule has 0 radical (unpaired) electrons. The number of fused-ring (bicyclic) bond motifs is 12. The Kier molecular flexibility index (Phi) is 17.9. The van der Waals surface area contributed by atoms with Crippen LogP contribution in [0.15, 0.2) is 437 Å². The van der Waals surface area contributed by atoms with Gasteiger partial charge in [-0.3, -0.25) is 9.97 Å². The minimum absolute atomic E-state index is 0.522. The van der Waals surface area contributed by atoms with Crippen molar-refractivity contribution < 1.29 is 0 Å². The van der Waals surface area contributed by atoms with E-state index < -0.39 is 0 Å². The normalized spacial score (nSPS) is 11.5. The Hall–Kier alpha value is -17.0. The van der Waals surface area contributed by atoms with Gasteiger partial charge in [0.15, 0.2) is 34.9 Å². The first kappa shape index (κ1) is 72.3. The third-order valence-corrected chi connectivity index (χ3v) is 23.6. The lowest BCUT2D eigenvalue weighted by Crippen LogP contribution is -2.01. The molecule has 0 fully saturated rings. The van der Waals surface area contributed by atoms with Crippen molar-refractivity contribution in [2.45, 2.75) is 0 Å². The van der Waals surface area contributed by atoms with Crippen LogP contribution in [0.2, 0.25) is 0 Å². The van der Waals surface area contributed by atoms with E-state index in [0.29, 0.717) is 46.3 Å². The number of hydrogen-bond acceptors (Lipinski definition) is 8. The molecule has 580 valence electrons. The Morgan fingerprint density at radius 2 is 0.444 bits per heavy atom. The predicted octanol–water partition coefficient (Wildman–Crippen LogP) is 27.6. The second-order valence-electron chi connectivity index (χ2n) is 31.0. The summed E-state index contributed by atoms with van der Waals surface area (Å²) in [7, 11) is 0. The maximum Gasteiger partial charge on any atom is 0.182 e. The van der Waals surface area contributed by atoms with E-state index in [9.17, 15) is 0 Å². The lowest BCUT2D eigenvalue weighted by Gasteiger charge is -2.12. The highest BCUT2D eigenvalue weighted by molar-refractivity contribution is 6.18. The summed E-state index contributed by atoms with van der Waals surface area (Å²) in [6, 6.07) is 149. The number of pyridine rings is 2. The molecule has 0 saturated heterocycles. The molecule has 8 aromatic heterocycles. The Bertz CT molecular complexity index is 8100. The molecule has 0 spiro atoms. The zero-order chi connectivity index (χ0) is 82.0. The summed E-state index contributed by atoms with van der Waals surface area (Å²) in [5.41, 5.74) is 27.7. The first-order valence-corrected chi connectivity index (χ1v) is 41.6. The molecule has 0 amide bonds. The first-order valence-electron chi connectivity index (χ1n) is 41.6. The summed E-state index contributed by atoms with van der Waals surface area (Å²) in [6.45, 7) is 0. The minimum atomic E-state index is 0.522. The molecule has 0 atom stereocenters. The van der Waals surface area contributed by atoms with E-state index in [0.717, 1.165) is 106 Å². The molecule has 0 bridgehead atoms. The van der Waals surface area contributed by atoms with Crippen molar-refractivity contribution >= 4 is 87.2 Å². The van der Waals surface area contributed by atoms with Gasteiger partial charge >= 0.3 is 0 Å². The maximum absolute atomic E-state index is 4.98. The number of aromatic nitrogens is 12. The van der Waals surface area contributed by atoms with Crippen LogP contribution in [0.4, 0.5) is 0 Å². The van der Waals surface area contributed by atoms with Crippen LogP contribution in [-0.2, 0) is 0 Å². The summed E-state index contributed by atoms with van der Waals surface area (Å²) in [6.07, 6.45) is 3.71. The standard InChI is InChI=1S/2C56H36N6/c1-4-16-37(17-5-1)54-58-55(38-18-6-2-7-19-38)60-56(59-54)48-35-41(32-33-57-48)44-26-15-29-51-53(44)47-25-11-13-28-50(47)62(51)43-23-14-20-39(34-43)40-30-31-46-45-24-10-12-27-49(45)61(52(46)36-40)42-21-8-3-9-22-42;1-4-16-37(17-5-1)54-58-55(38-18-6-2-7-19-38)60-56(59-54)48-36-41(32-33-57-48)44-26-15-29-52-53(44)46-25-11-13-28-50(46)62(52)43-23-14-20-39(34-43)40-30-31-51-47(35-40)45-24-10-12-27-49(45)61(51)42-21-8-3-9-22-42/h2*1-36H. The van der Waals surface area contributed by atoms with Crippen molar-refractivity contribution in [1.29, 1.82) is 0 Å². The molecule has 0 aliphatic carbocycles. The van der Waals surface area contributed by atoms with E-state index in [1.54, 1.807) is 0 Å². The SMILES string of the molecule is c1ccc(-c2nc(-c3ccccc3)nc(-c3cc(-c4cccc5c4c4ccccc4n5-c4cccc(-c5ccc6c(c5)c5ccccc5n6-c5ccccc5)c4)ccn3)n2)cc1.c1ccc(-c2nc(-c3ccccc3)nc(-c3cc(-c4cccc5c4c4ccccc4n5-c4cccc(-c5ccc6c7ccccc7n(-c7ccccc7)c6c5)c4)ccn3)n2)cc1. The minimum Gasteiger partial charge on any atom is -0.309 e. The van der Waals surface area contributed by atoms with Gasteiger partial charge in [-0.05, 0) is 172 Å². The molecule has 0 aliphatic rings. The molecule has 0 unspecified atom stereocenters. The van der Waals surface area contributed by atoms with Crippen LogP contribution in [0.1, 0.15) is 0 Å². The van der Waals surface area contributed by atoms with Gasteiger partial charge in [0.25, 0.3) is 0 Å². The first-order chi connectivity index (χ1) is 61.5. The van der Waals surface area contributed by atoms with Crippen molar-refractivity contribution in [2.24, 2.45) is 0 Å². The lowest BCUT2D eigenvalue weighted by atomic mass is 9.99. The summed E-state index contributed by atoms with van der Waals surface area (Å²) in [4.78, 5) is 39.4. The van der Waals surface area contributed by atoms with Gasteiger partial charge in [0, 0.05) is 100 Å². The molecule has 0 saturated carbocycles. The fraction of sp³-hybridized carbons (Fsp3) is 0. The zero-order valence-corrected chi connectivity index (χ0v) is 66.9. The maximum atomic E-state index is 4.98. The van der Waals surface area contributed by atoms with Gasteiger partial charge in [-0.25, -0.2) is 29.9 Å². The topological polar surface area (TPSA) is 123 Å². The number of nitrogens with zero attached hydrogens (tertiary/aromatic N) is 12. The van der Waals surface area contributed by atoms with E-state index in [4.69, 9.17) is 39.9 Å². The highest BCUT2D eigenvalue weighted by atomic mass is 15.1. The molecule has 12 heteroatoms. The van der Waals surface area contributed by atoms with Gasteiger partial charge in [-0.1, -0.05) is 297 Å². The fourth-order valence-corrected chi connectivity index (χ4v) is 18.0. The highest BCUT2D eigenvalue weighted by Gasteiger charge is 2.24. The third kappa shape index (κ3) is 12.9. The molecule has 0 aliphatic heterocycles. The summed E-state index contributed by atoms with van der Waals surface area (Å²) in [5.74, 6) is 3.46. The van der Waals surface area contributed by atoms with Gasteiger partial charge in [-0.2, -0.15) is 0 Å². The summed E-state index contributed by atoms with van der Waals surface area (Å²) < 4.78 is 9.52. The summed E-state index contributed by atoms with van der Waals surface area (Å²) in [5, 5.41) is 9.65. The van der Waals surface area contributed by atoms with E-state index in [2.05, 4.69) is 322 Å². The smallest absolute Gasteiger partial charge is 0.182 e. The largest absolute Gasteiger partial charge is 0.309 e. The Balaban J connectivity index is 0.000000143. The van der Waals surface area contributed by atoms with E-state index in [1.807, 2.05) is 134 Å². The Morgan fingerprint density at radius 1 is 0.153 bits per heavy atom. The van der Waals surface area contributed by atoms with Crippen molar-refractivity contribution in [3.05, 3.63) is 437 Å². The van der Waals surface area contributed by atoms with E-state index in [-0.39, 0.29) is 0 Å². The second-order valence-corrected chi connectivity index (χ2v) is 31.0. The predicted molar refractivity (Wildman–Crippen MR) is 507 cm³/mol. The summed E-state index contributed by atoms with van der Waals surface area (Å²) >= 11 is 0. The highest BCUT2D eigenvalue weighted by Crippen LogP contribution is 2.45. The van der Waals surface area contributed by atoms with Crippen LogP contribution in [0, 0.1) is 0 Å². The fourth-order valence-electron chi connectivity index (χ4n) is 18.0. The van der Waals surface area contributed by atoms with Crippen molar-refractivity contribution in [3.8, 4) is 136 Å². The van der Waals surface area contributed by atoms with Crippen molar-refractivity contribution in [1.82, 2.24) is 58.1 Å². The molecular weight excluding hydrogens is 1510 g/mol. The van der Waals surface area contributed by atoms with Crippen molar-refractivity contribution in [2.75, 3.05) is 0 Å². The number of para-hydroxylation sites is 6. The molecule has 24 aromatic rings. The van der Waals surface area contributed by atoms with Gasteiger partial charge < -0.3 is 18.3 Å². The number of benzene rings is 16. The van der Waals surface area contributed by atoms with E-state index >= 15 is 0 Å². The van der Waals surface area contributed by atoms with Gasteiger partial charge in [-0.15, -0.1) is 0 Å². The average Bonchev–Trinajstić information content (AvgIpc) is 1.55. The quantitative estimate of drug-likeness (QED) is 0.105. The van der Waals surface area contributed by atoms with Crippen LogP contribution in [-0.4, -0.2) is 58.1 Å². The van der Waals surface area contributed by atoms with E-state index in [1.165, 1.54) is 70.7 Å². The molecule has 16 aromatic carbocycles. The monoisotopic (exact) mass is 1580 g/mol. The third-order valence-electron chi connectivity index (χ3n) is 23.6. The van der Waals surface area contributed by atoms with Crippen LogP contribution in [0.5, 0.6) is 0 Å². The van der Waals surface area contributed by atoms with Crippen LogP contribution >= 0.6 is 0 Å². The molecule has 8 heterocycles. The van der Waals surface area contributed by atoms with Gasteiger partial charge in [0.1, 0.15) is 11.4 Å². The molecule has 12 nitrogen and oxygen atoms in total. The second kappa shape index (κ2) is 30.8. The Morgan fingerprint density at radius 3 is 0.879 bits per heavy atom. The number of rotatable bonds is 14. The lowest BCUT2D eigenvalue weighted by molar-refractivity contribution is 1.06. The van der Waals surface area contributed by atoms with Crippen molar-refractivity contribution in [3.63, 3.8) is 0 Å². The van der Waals surface area contributed by atoms with Crippen LogP contribution in [0.3, 0.4) is 0 Å². The van der Waals surface area contributed by atoms with Crippen LogP contribution in [0.25, 0.3) is 223 Å². The van der Waals surface area contributed by atoms with Crippen LogP contribution < -0.4 is 0 Å². The Labute approximate surface area is 713 Å². The molecule has 0 N–H and O–H groups in total. The molecular formula is C112H72N12. The van der Waals surface area contributed by atoms with Gasteiger partial charge in [0.2, 0.25) is 0 Å². The number of hydrogen-bond donors (Lipinski definition) is 0. The average molecular weight is 1590 g/mol. The molecule has 124 heavy (non-hydrogen) atoms. The zero-order valence-electron chi connectivity index (χ0n) is 66.9.